The zero-order valence-corrected chi connectivity index (χ0v) is 12.1. The molecule has 0 unspecified atom stereocenters. The Balaban J connectivity index is 2.15. The Kier molecular flexibility index (Phi) is 4.42. The van der Waals surface area contributed by atoms with Gasteiger partial charge in [-0.2, -0.15) is 5.10 Å². The molecule has 2 rings (SSSR count). The summed E-state index contributed by atoms with van der Waals surface area (Å²) in [6, 6.07) is 5.30. The minimum absolute atomic E-state index is 0.0623. The second-order valence-corrected chi connectivity index (χ2v) is 6.10. The highest BCUT2D eigenvalue weighted by molar-refractivity contribution is 7.89. The van der Waals surface area contributed by atoms with E-state index >= 15 is 0 Å². The van der Waals surface area contributed by atoms with Gasteiger partial charge in [-0.15, -0.1) is 13.2 Å². The fourth-order valence-electron chi connectivity index (χ4n) is 1.67. The summed E-state index contributed by atoms with van der Waals surface area (Å²) in [5.41, 5.74) is 0.0623. The Morgan fingerprint density at radius 3 is 2.59 bits per heavy atom. The molecule has 1 aromatic heterocycles. The summed E-state index contributed by atoms with van der Waals surface area (Å²) in [6.07, 6.45) is -2.43. The van der Waals surface area contributed by atoms with E-state index in [0.717, 1.165) is 12.3 Å². The van der Waals surface area contributed by atoms with Crippen LogP contribution in [0.3, 0.4) is 0 Å². The fourth-order valence-corrected chi connectivity index (χ4v) is 2.66. The van der Waals surface area contributed by atoms with Crippen molar-refractivity contribution < 1.29 is 26.3 Å². The van der Waals surface area contributed by atoms with Gasteiger partial charge in [0.2, 0.25) is 10.0 Å². The molecule has 0 saturated heterocycles. The molecule has 1 aromatic carbocycles. The Morgan fingerprint density at radius 2 is 2.00 bits per heavy atom. The first-order valence-electron chi connectivity index (χ1n) is 5.99. The van der Waals surface area contributed by atoms with Crippen molar-refractivity contribution in [2.75, 3.05) is 0 Å². The molecule has 0 saturated carbocycles. The number of aromatic nitrogens is 2. The van der Waals surface area contributed by atoms with E-state index in [1.54, 1.807) is 7.05 Å². The Hall–Kier alpha value is -2.07. The zero-order valence-electron chi connectivity index (χ0n) is 11.3. The number of ether oxygens (including phenoxy) is 1. The van der Waals surface area contributed by atoms with Crippen LogP contribution in [0, 0.1) is 0 Å². The maximum Gasteiger partial charge on any atom is 0.573 e. The van der Waals surface area contributed by atoms with Crippen molar-refractivity contribution >= 4 is 10.0 Å². The summed E-state index contributed by atoms with van der Waals surface area (Å²) in [7, 11) is -2.32. The predicted molar refractivity (Wildman–Crippen MR) is 70.4 cm³/mol. The Bertz CT molecular complexity index is 756. The molecule has 0 aliphatic heterocycles. The normalized spacial score (nSPS) is 12.4. The van der Waals surface area contributed by atoms with Crippen LogP contribution >= 0.6 is 0 Å². The molecular formula is C12H12F3N3O3S. The largest absolute Gasteiger partial charge is 0.573 e. The van der Waals surface area contributed by atoms with E-state index in [-0.39, 0.29) is 17.0 Å². The monoisotopic (exact) mass is 335 g/mol. The van der Waals surface area contributed by atoms with Gasteiger partial charge >= 0.3 is 6.36 Å². The topological polar surface area (TPSA) is 73.2 Å². The molecule has 1 N–H and O–H groups in total. The Morgan fingerprint density at radius 1 is 1.32 bits per heavy atom. The number of halogens is 3. The molecule has 0 aliphatic carbocycles. The van der Waals surface area contributed by atoms with E-state index < -0.39 is 22.1 Å². The van der Waals surface area contributed by atoms with Crippen molar-refractivity contribution in [3.8, 4) is 5.75 Å². The molecule has 10 heteroatoms. The number of hydrogen-bond acceptors (Lipinski definition) is 4. The van der Waals surface area contributed by atoms with Gasteiger partial charge in [0.15, 0.2) is 0 Å². The van der Waals surface area contributed by atoms with Gasteiger partial charge in [0, 0.05) is 25.4 Å². The lowest BCUT2D eigenvalue weighted by Crippen LogP contribution is -2.24. The van der Waals surface area contributed by atoms with Crippen molar-refractivity contribution in [3.63, 3.8) is 0 Å². The summed E-state index contributed by atoms with van der Waals surface area (Å²) in [6.45, 7) is -0.344. The van der Waals surface area contributed by atoms with Crippen LogP contribution < -0.4 is 9.46 Å². The smallest absolute Gasteiger partial charge is 0.405 e. The highest BCUT2D eigenvalue weighted by atomic mass is 32.2. The standard InChI is InChI=1S/C12H12F3N3O3S/c1-18-8-10(7-16-18)22(19,20)17-6-9-4-2-3-5-11(9)21-12(13,14)15/h2-5,7-8,17H,6H2,1H3. The van der Waals surface area contributed by atoms with Gasteiger partial charge in [0.05, 0.1) is 6.20 Å². The number of aryl methyl sites for hydroxylation is 1. The molecule has 6 nitrogen and oxygen atoms in total. The third kappa shape index (κ3) is 4.21. The number of benzene rings is 1. The van der Waals surface area contributed by atoms with Crippen LogP contribution in [0.25, 0.3) is 0 Å². The Labute approximate surface area is 124 Å². The summed E-state index contributed by atoms with van der Waals surface area (Å²) in [4.78, 5) is -0.0794. The molecule has 0 amide bonds. The van der Waals surface area contributed by atoms with Crippen LogP contribution in [0.4, 0.5) is 13.2 Å². The quantitative estimate of drug-likeness (QED) is 0.904. The highest BCUT2D eigenvalue weighted by Crippen LogP contribution is 2.26. The molecule has 120 valence electrons. The van der Waals surface area contributed by atoms with Gasteiger partial charge in [-0.05, 0) is 6.07 Å². The zero-order chi connectivity index (χ0) is 16.4. The number of alkyl halides is 3. The van der Waals surface area contributed by atoms with Gasteiger partial charge in [-0.3, -0.25) is 4.68 Å². The van der Waals surface area contributed by atoms with Crippen LogP contribution in [0.1, 0.15) is 5.56 Å². The molecule has 0 bridgehead atoms. The van der Waals surface area contributed by atoms with Crippen molar-refractivity contribution in [2.24, 2.45) is 7.05 Å². The number of nitrogens with zero attached hydrogens (tertiary/aromatic N) is 2. The molecule has 0 fully saturated rings. The summed E-state index contributed by atoms with van der Waals surface area (Å²) in [5.74, 6) is -0.455. The van der Waals surface area contributed by atoms with Crippen LogP contribution in [0.5, 0.6) is 5.75 Å². The number of hydrogen-bond donors (Lipinski definition) is 1. The van der Waals surface area contributed by atoms with E-state index in [4.69, 9.17) is 0 Å². The maximum atomic E-state index is 12.3. The highest BCUT2D eigenvalue weighted by Gasteiger charge is 2.32. The van der Waals surface area contributed by atoms with Crippen LogP contribution in [-0.2, 0) is 23.6 Å². The molecule has 0 aliphatic rings. The average Bonchev–Trinajstić information content (AvgIpc) is 2.83. The van der Waals surface area contributed by atoms with Crippen molar-refractivity contribution in [2.45, 2.75) is 17.8 Å². The van der Waals surface area contributed by atoms with Crippen molar-refractivity contribution in [1.29, 1.82) is 0 Å². The minimum atomic E-state index is -4.85. The average molecular weight is 335 g/mol. The predicted octanol–water partition coefficient (Wildman–Crippen LogP) is 1.80. The minimum Gasteiger partial charge on any atom is -0.405 e. The second kappa shape index (κ2) is 5.97. The molecule has 22 heavy (non-hydrogen) atoms. The molecular weight excluding hydrogens is 323 g/mol. The van der Waals surface area contributed by atoms with Gasteiger partial charge in [-0.25, -0.2) is 13.1 Å². The van der Waals surface area contributed by atoms with Crippen molar-refractivity contribution in [3.05, 3.63) is 42.2 Å². The van der Waals surface area contributed by atoms with E-state index in [9.17, 15) is 21.6 Å². The van der Waals surface area contributed by atoms with Gasteiger partial charge in [-0.1, -0.05) is 18.2 Å². The van der Waals surface area contributed by atoms with Crippen LogP contribution in [0.2, 0.25) is 0 Å². The third-order valence-electron chi connectivity index (χ3n) is 2.64. The molecule has 2 aromatic rings. The number of nitrogens with one attached hydrogen (secondary N) is 1. The first-order valence-corrected chi connectivity index (χ1v) is 7.48. The van der Waals surface area contributed by atoms with Crippen LogP contribution in [0.15, 0.2) is 41.6 Å². The molecule has 0 spiro atoms. The SMILES string of the molecule is Cn1cc(S(=O)(=O)NCc2ccccc2OC(F)(F)F)cn1. The molecule has 1 heterocycles. The molecule has 0 radical (unpaired) electrons. The molecule has 0 atom stereocenters. The van der Waals surface area contributed by atoms with Gasteiger partial charge in [0.1, 0.15) is 10.6 Å². The first kappa shape index (κ1) is 16.3. The summed E-state index contributed by atoms with van der Waals surface area (Å²) >= 11 is 0. The third-order valence-corrected chi connectivity index (χ3v) is 4.00. The number of sulfonamides is 1. The van der Waals surface area contributed by atoms with E-state index in [0.29, 0.717) is 0 Å². The van der Waals surface area contributed by atoms with Crippen molar-refractivity contribution in [1.82, 2.24) is 14.5 Å². The van der Waals surface area contributed by atoms with Gasteiger partial charge in [0.25, 0.3) is 0 Å². The maximum absolute atomic E-state index is 12.3. The fraction of sp³-hybridized carbons (Fsp3) is 0.250. The van der Waals surface area contributed by atoms with Gasteiger partial charge < -0.3 is 4.74 Å². The van der Waals surface area contributed by atoms with E-state index in [1.807, 2.05) is 0 Å². The number of rotatable bonds is 5. The lowest BCUT2D eigenvalue weighted by Gasteiger charge is -2.13. The lowest BCUT2D eigenvalue weighted by atomic mass is 10.2. The van der Waals surface area contributed by atoms with Crippen LogP contribution in [-0.4, -0.2) is 24.6 Å². The second-order valence-electron chi connectivity index (χ2n) is 4.33. The van der Waals surface area contributed by atoms with E-state index in [2.05, 4.69) is 14.6 Å². The first-order chi connectivity index (χ1) is 10.2. The van der Waals surface area contributed by atoms with E-state index in [1.165, 1.54) is 29.1 Å². The lowest BCUT2D eigenvalue weighted by molar-refractivity contribution is -0.274. The summed E-state index contributed by atoms with van der Waals surface area (Å²) in [5, 5.41) is 3.73. The summed E-state index contributed by atoms with van der Waals surface area (Å²) < 4.78 is 68.2. The number of para-hydroxylation sites is 1.